The Morgan fingerprint density at radius 2 is 2.00 bits per heavy atom. The van der Waals surface area contributed by atoms with E-state index >= 15 is 0 Å². The molecule has 0 saturated carbocycles. The zero-order chi connectivity index (χ0) is 16.3. The van der Waals surface area contributed by atoms with E-state index in [1.54, 1.807) is 12.1 Å². The van der Waals surface area contributed by atoms with Crippen LogP contribution in [0.4, 0.5) is 4.39 Å². The Balaban J connectivity index is 1.99. The van der Waals surface area contributed by atoms with Gasteiger partial charge in [-0.15, -0.1) is 0 Å². The molecule has 1 aliphatic rings. The summed E-state index contributed by atoms with van der Waals surface area (Å²) in [6, 6.07) is 5.90. The summed E-state index contributed by atoms with van der Waals surface area (Å²) in [7, 11) is 2.80. The van der Waals surface area contributed by atoms with Gasteiger partial charge in [0.05, 0.1) is 13.7 Å². The van der Waals surface area contributed by atoms with Crippen molar-refractivity contribution in [2.24, 2.45) is 5.92 Å². The summed E-state index contributed by atoms with van der Waals surface area (Å²) in [5, 5.41) is 1.07. The fraction of sp³-hybridized carbons (Fsp3) is 0.400. The Labute approximate surface area is 127 Å². The SMILES string of the molecule is CON(CCc1ccc(F)cc1)C(=O)C1CN(C)C(=O)C1=O. The van der Waals surface area contributed by atoms with Gasteiger partial charge in [0.2, 0.25) is 5.78 Å². The highest BCUT2D eigenvalue weighted by molar-refractivity contribution is 6.42. The predicted octanol–water partition coefficient (Wildman–Crippen LogP) is 0.415. The third-order valence-electron chi connectivity index (χ3n) is 3.61. The molecule has 1 heterocycles. The molecule has 0 spiro atoms. The van der Waals surface area contributed by atoms with Crippen LogP contribution in [0.3, 0.4) is 0 Å². The van der Waals surface area contributed by atoms with Crippen molar-refractivity contribution in [3.8, 4) is 0 Å². The molecule has 22 heavy (non-hydrogen) atoms. The van der Waals surface area contributed by atoms with Crippen LogP contribution >= 0.6 is 0 Å². The number of hydrogen-bond acceptors (Lipinski definition) is 4. The number of likely N-dealkylation sites (tertiary alicyclic amines) is 1. The van der Waals surface area contributed by atoms with Crippen LogP contribution in [0.1, 0.15) is 5.56 Å². The van der Waals surface area contributed by atoms with Gasteiger partial charge in [-0.1, -0.05) is 12.1 Å². The molecule has 2 amide bonds. The largest absolute Gasteiger partial charge is 0.338 e. The average Bonchev–Trinajstić information content (AvgIpc) is 2.77. The van der Waals surface area contributed by atoms with E-state index in [2.05, 4.69) is 0 Å². The molecule has 0 bridgehead atoms. The second-order valence-corrected chi connectivity index (χ2v) is 5.10. The highest BCUT2D eigenvalue weighted by Crippen LogP contribution is 2.16. The van der Waals surface area contributed by atoms with Crippen molar-refractivity contribution in [3.63, 3.8) is 0 Å². The Morgan fingerprint density at radius 3 is 2.50 bits per heavy atom. The maximum atomic E-state index is 12.8. The molecule has 1 saturated heterocycles. The van der Waals surface area contributed by atoms with Gasteiger partial charge >= 0.3 is 0 Å². The number of Topliss-reactive ketones (excluding diaryl/α,β-unsaturated/α-hetero) is 1. The summed E-state index contributed by atoms with van der Waals surface area (Å²) in [5.41, 5.74) is 0.835. The molecule has 0 N–H and O–H groups in total. The van der Waals surface area contributed by atoms with Crippen LogP contribution in [0.5, 0.6) is 0 Å². The van der Waals surface area contributed by atoms with Gasteiger partial charge in [0.25, 0.3) is 11.8 Å². The van der Waals surface area contributed by atoms with Gasteiger partial charge in [0.15, 0.2) is 0 Å². The maximum Gasteiger partial charge on any atom is 0.290 e. The Bertz CT molecular complexity index is 588. The summed E-state index contributed by atoms with van der Waals surface area (Å²) in [6.07, 6.45) is 0.449. The number of carbonyl (C=O) groups excluding carboxylic acids is 3. The molecular formula is C15H17FN2O4. The second kappa shape index (κ2) is 6.65. The summed E-state index contributed by atoms with van der Waals surface area (Å²) in [5.74, 6) is -3.26. The van der Waals surface area contributed by atoms with Gasteiger partial charge < -0.3 is 4.90 Å². The van der Waals surface area contributed by atoms with Crippen LogP contribution in [0.2, 0.25) is 0 Å². The monoisotopic (exact) mass is 308 g/mol. The van der Waals surface area contributed by atoms with Crippen LogP contribution in [0, 0.1) is 11.7 Å². The number of likely N-dealkylation sites (N-methyl/N-ethyl adjacent to an activating group) is 1. The number of carbonyl (C=O) groups is 3. The van der Waals surface area contributed by atoms with Crippen molar-refractivity contribution in [3.05, 3.63) is 35.6 Å². The molecule has 7 heteroatoms. The summed E-state index contributed by atoms with van der Waals surface area (Å²) in [6.45, 7) is 0.273. The number of hydroxylamine groups is 2. The summed E-state index contributed by atoms with van der Waals surface area (Å²) < 4.78 is 12.8. The Morgan fingerprint density at radius 1 is 1.36 bits per heavy atom. The van der Waals surface area contributed by atoms with Gasteiger partial charge in [-0.2, -0.15) is 0 Å². The number of rotatable bonds is 5. The van der Waals surface area contributed by atoms with Crippen LogP contribution < -0.4 is 0 Å². The second-order valence-electron chi connectivity index (χ2n) is 5.10. The summed E-state index contributed by atoms with van der Waals surface area (Å²) >= 11 is 0. The van der Waals surface area contributed by atoms with Gasteiger partial charge in [-0.3, -0.25) is 19.2 Å². The average molecular weight is 308 g/mol. The Kier molecular flexibility index (Phi) is 4.87. The smallest absolute Gasteiger partial charge is 0.290 e. The van der Waals surface area contributed by atoms with Crippen molar-refractivity contribution in [1.82, 2.24) is 9.96 Å². The van der Waals surface area contributed by atoms with Gasteiger partial charge in [-0.25, -0.2) is 9.45 Å². The zero-order valence-corrected chi connectivity index (χ0v) is 12.4. The molecule has 0 aromatic heterocycles. The molecule has 1 unspecified atom stereocenters. The fourth-order valence-corrected chi connectivity index (χ4v) is 2.31. The number of amides is 2. The molecule has 6 nitrogen and oxygen atoms in total. The lowest BCUT2D eigenvalue weighted by molar-refractivity contribution is -0.180. The minimum atomic E-state index is -1.02. The van der Waals surface area contributed by atoms with Crippen LogP contribution in [-0.4, -0.2) is 54.8 Å². The van der Waals surface area contributed by atoms with Crippen molar-refractivity contribution in [2.75, 3.05) is 27.2 Å². The number of halogens is 1. The number of hydrogen-bond donors (Lipinski definition) is 0. The molecular weight excluding hydrogens is 291 g/mol. The third kappa shape index (κ3) is 3.30. The van der Waals surface area contributed by atoms with Crippen LogP contribution in [0.25, 0.3) is 0 Å². The molecule has 1 aromatic rings. The lowest BCUT2D eigenvalue weighted by Gasteiger charge is -2.22. The first-order valence-corrected chi connectivity index (χ1v) is 6.83. The van der Waals surface area contributed by atoms with Crippen LogP contribution in [-0.2, 0) is 25.6 Å². The topological polar surface area (TPSA) is 66.9 Å². The molecule has 118 valence electrons. The van der Waals surface area contributed by atoms with Crippen LogP contribution in [0.15, 0.2) is 24.3 Å². The first-order valence-electron chi connectivity index (χ1n) is 6.83. The van der Waals surface area contributed by atoms with Crippen molar-refractivity contribution in [1.29, 1.82) is 0 Å². The van der Waals surface area contributed by atoms with Gasteiger partial charge in [0, 0.05) is 13.6 Å². The Hall–Kier alpha value is -2.28. The third-order valence-corrected chi connectivity index (χ3v) is 3.61. The molecule has 1 aliphatic heterocycles. The summed E-state index contributed by atoms with van der Waals surface area (Å²) in [4.78, 5) is 41.8. The quantitative estimate of drug-likeness (QED) is 0.449. The maximum absolute atomic E-state index is 12.8. The van der Waals surface area contributed by atoms with E-state index < -0.39 is 23.5 Å². The molecule has 2 rings (SSSR count). The van der Waals surface area contributed by atoms with E-state index in [4.69, 9.17) is 4.84 Å². The van der Waals surface area contributed by atoms with Crippen molar-refractivity contribution >= 4 is 17.6 Å². The van der Waals surface area contributed by atoms with E-state index in [1.165, 1.54) is 31.2 Å². The van der Waals surface area contributed by atoms with Crippen molar-refractivity contribution in [2.45, 2.75) is 6.42 Å². The highest BCUT2D eigenvalue weighted by Gasteiger charge is 2.43. The van der Waals surface area contributed by atoms with E-state index in [1.807, 2.05) is 0 Å². The van der Waals surface area contributed by atoms with Gasteiger partial charge in [0.1, 0.15) is 11.7 Å². The van der Waals surface area contributed by atoms with E-state index in [9.17, 15) is 18.8 Å². The van der Waals surface area contributed by atoms with Crippen molar-refractivity contribution < 1.29 is 23.6 Å². The minimum absolute atomic E-state index is 0.0624. The molecule has 1 atom stereocenters. The normalized spacial score (nSPS) is 18.0. The number of benzene rings is 1. The fourth-order valence-electron chi connectivity index (χ4n) is 2.31. The van der Waals surface area contributed by atoms with E-state index in [0.29, 0.717) is 6.42 Å². The van der Waals surface area contributed by atoms with Gasteiger partial charge in [-0.05, 0) is 24.1 Å². The molecule has 1 aromatic carbocycles. The first-order chi connectivity index (χ1) is 10.4. The first kappa shape index (κ1) is 16.1. The van der Waals surface area contributed by atoms with E-state index in [0.717, 1.165) is 10.6 Å². The number of nitrogens with zero attached hydrogens (tertiary/aromatic N) is 2. The zero-order valence-electron chi connectivity index (χ0n) is 12.4. The molecule has 0 radical (unpaired) electrons. The standard InChI is InChI=1S/C15H17FN2O4/c1-17-9-12(13(19)15(17)21)14(20)18(22-2)8-7-10-3-5-11(16)6-4-10/h3-6,12H,7-9H2,1-2H3. The lowest BCUT2D eigenvalue weighted by Crippen LogP contribution is -2.40. The molecule has 0 aliphatic carbocycles. The molecule has 1 fully saturated rings. The lowest BCUT2D eigenvalue weighted by atomic mass is 10.1. The predicted molar refractivity (Wildman–Crippen MR) is 75.0 cm³/mol. The number of ketones is 1. The highest BCUT2D eigenvalue weighted by atomic mass is 19.1. The minimum Gasteiger partial charge on any atom is -0.338 e. The van der Waals surface area contributed by atoms with E-state index in [-0.39, 0.29) is 18.9 Å².